The molecule has 170 valence electrons. The van der Waals surface area contributed by atoms with E-state index < -0.39 is 0 Å². The van der Waals surface area contributed by atoms with Crippen LogP contribution in [0.1, 0.15) is 43.0 Å². The second-order valence-electron chi connectivity index (χ2n) is 7.78. The summed E-state index contributed by atoms with van der Waals surface area (Å²) in [6.07, 6.45) is 0.285. The lowest BCUT2D eigenvalue weighted by molar-refractivity contribution is -0.116. The van der Waals surface area contributed by atoms with Crippen molar-refractivity contribution < 1.29 is 19.4 Å². The van der Waals surface area contributed by atoms with Gasteiger partial charge in [0.25, 0.3) is 0 Å². The van der Waals surface area contributed by atoms with E-state index in [4.69, 9.17) is 19.6 Å². The number of carbonyl (C=O) groups excluding carboxylic acids is 1. The Bertz CT molecular complexity index is 1360. The van der Waals surface area contributed by atoms with Crippen LogP contribution in [0.2, 0.25) is 0 Å². The number of benzene rings is 2. The number of phenolic OH excluding ortho intramolecular Hbond substituents is 1. The zero-order valence-electron chi connectivity index (χ0n) is 18.6. The number of fused-ring (bicyclic) bond motifs is 2. The minimum absolute atomic E-state index is 0.0781. The van der Waals surface area contributed by atoms with E-state index in [9.17, 15) is 9.90 Å². The minimum Gasteiger partial charge on any atom is -0.504 e. The van der Waals surface area contributed by atoms with E-state index in [2.05, 4.69) is 5.32 Å². The van der Waals surface area contributed by atoms with Crippen molar-refractivity contribution in [2.24, 2.45) is 0 Å². The first kappa shape index (κ1) is 21.3. The number of thiazole rings is 1. The van der Waals surface area contributed by atoms with Crippen LogP contribution in [0.4, 0.5) is 5.82 Å². The third-order valence-electron chi connectivity index (χ3n) is 5.63. The van der Waals surface area contributed by atoms with Crippen molar-refractivity contribution in [3.8, 4) is 22.4 Å². The molecule has 0 fully saturated rings. The number of ether oxygens (including phenoxy) is 2. The molecule has 5 rings (SSSR count). The number of aryl methyl sites for hydroxylation is 1. The van der Waals surface area contributed by atoms with Gasteiger partial charge in [-0.25, -0.2) is 4.98 Å². The van der Waals surface area contributed by atoms with Gasteiger partial charge in [-0.05, 0) is 56.7 Å². The van der Waals surface area contributed by atoms with Gasteiger partial charge in [0.1, 0.15) is 11.6 Å². The Kier molecular flexibility index (Phi) is 5.41. The predicted molar refractivity (Wildman–Crippen MR) is 127 cm³/mol. The summed E-state index contributed by atoms with van der Waals surface area (Å²) >= 11 is 1.49. The van der Waals surface area contributed by atoms with Crippen molar-refractivity contribution in [3.05, 3.63) is 53.2 Å². The molecule has 0 radical (unpaired) electrons. The molecule has 2 aromatic carbocycles. The highest BCUT2D eigenvalue weighted by Gasteiger charge is 2.33. The normalized spacial score (nSPS) is 15.4. The number of hydrogen-bond acceptors (Lipinski definition) is 7. The van der Waals surface area contributed by atoms with Crippen LogP contribution in [0, 0.1) is 6.92 Å². The van der Waals surface area contributed by atoms with Gasteiger partial charge < -0.3 is 19.9 Å². The zero-order valence-corrected chi connectivity index (χ0v) is 19.4. The molecule has 1 atom stereocenters. The third-order valence-corrected chi connectivity index (χ3v) is 6.62. The van der Waals surface area contributed by atoms with Crippen LogP contribution in [0.5, 0.6) is 17.2 Å². The van der Waals surface area contributed by atoms with Gasteiger partial charge in [-0.1, -0.05) is 17.4 Å². The lowest BCUT2D eigenvalue weighted by Gasteiger charge is -2.24. The average molecular weight is 465 g/mol. The maximum atomic E-state index is 12.7. The van der Waals surface area contributed by atoms with Gasteiger partial charge in [0.15, 0.2) is 11.5 Å². The quantitative estimate of drug-likeness (QED) is 0.427. The predicted octanol–water partition coefficient (Wildman–Crippen LogP) is 4.77. The Hall–Kier alpha value is -3.59. The summed E-state index contributed by atoms with van der Waals surface area (Å²) in [5.74, 6) is 1.60. The van der Waals surface area contributed by atoms with E-state index in [-0.39, 0.29) is 24.0 Å². The number of hydrogen-bond donors (Lipinski definition) is 2. The number of rotatable bonds is 6. The van der Waals surface area contributed by atoms with Gasteiger partial charge in [-0.2, -0.15) is 9.78 Å². The Morgan fingerprint density at radius 3 is 2.79 bits per heavy atom. The van der Waals surface area contributed by atoms with E-state index in [0.717, 1.165) is 32.8 Å². The zero-order chi connectivity index (χ0) is 23.1. The molecule has 2 aromatic heterocycles. The summed E-state index contributed by atoms with van der Waals surface area (Å²) in [4.78, 5) is 17.4. The molecule has 9 heteroatoms. The topological polar surface area (TPSA) is 98.5 Å². The first-order valence-electron chi connectivity index (χ1n) is 10.9. The van der Waals surface area contributed by atoms with E-state index in [1.165, 1.54) is 11.3 Å². The number of nitrogens with one attached hydrogen (secondary N) is 1. The molecule has 3 heterocycles. The highest BCUT2D eigenvalue weighted by Crippen LogP contribution is 2.43. The SMILES string of the molecule is CCOc1ccc2nc(-n3nc(C)c4c3NC(=O)C[C@@H]4c3ccc(O)c(OCC)c3)sc2c1. The van der Waals surface area contributed by atoms with Gasteiger partial charge in [-0.3, -0.25) is 4.79 Å². The van der Waals surface area contributed by atoms with Crippen LogP contribution in [-0.2, 0) is 4.79 Å². The number of nitrogens with zero attached hydrogens (tertiary/aromatic N) is 3. The molecule has 2 N–H and O–H groups in total. The molecule has 0 saturated heterocycles. The Morgan fingerprint density at radius 1 is 1.18 bits per heavy atom. The lowest BCUT2D eigenvalue weighted by Crippen LogP contribution is -2.25. The fourth-order valence-corrected chi connectivity index (χ4v) is 5.18. The number of phenols is 1. The second kappa shape index (κ2) is 8.40. The number of aromatic hydroxyl groups is 1. The molecule has 0 aliphatic carbocycles. The number of anilines is 1. The molecular weight excluding hydrogens is 440 g/mol. The Labute approximate surface area is 194 Å². The summed E-state index contributed by atoms with van der Waals surface area (Å²) in [6.45, 7) is 6.78. The molecule has 8 nitrogen and oxygen atoms in total. The Morgan fingerprint density at radius 2 is 2.00 bits per heavy atom. The van der Waals surface area contributed by atoms with Gasteiger partial charge in [-0.15, -0.1) is 0 Å². The van der Waals surface area contributed by atoms with Crippen molar-refractivity contribution in [2.75, 3.05) is 18.5 Å². The summed E-state index contributed by atoms with van der Waals surface area (Å²) in [6, 6.07) is 11.0. The van der Waals surface area contributed by atoms with Crippen molar-refractivity contribution in [1.29, 1.82) is 0 Å². The van der Waals surface area contributed by atoms with Gasteiger partial charge in [0, 0.05) is 17.9 Å². The van der Waals surface area contributed by atoms with Crippen LogP contribution >= 0.6 is 11.3 Å². The van der Waals surface area contributed by atoms with Crippen LogP contribution < -0.4 is 14.8 Å². The van der Waals surface area contributed by atoms with Gasteiger partial charge in [0.05, 0.1) is 29.1 Å². The van der Waals surface area contributed by atoms with Crippen LogP contribution in [-0.4, -0.2) is 39.0 Å². The van der Waals surface area contributed by atoms with E-state index in [1.807, 2.05) is 45.0 Å². The molecule has 0 saturated carbocycles. The van der Waals surface area contributed by atoms with Gasteiger partial charge >= 0.3 is 0 Å². The lowest BCUT2D eigenvalue weighted by atomic mass is 9.85. The molecule has 1 aliphatic rings. The number of amides is 1. The van der Waals surface area contributed by atoms with Crippen molar-refractivity contribution in [2.45, 2.75) is 33.1 Å². The van der Waals surface area contributed by atoms with Crippen molar-refractivity contribution in [1.82, 2.24) is 14.8 Å². The number of carbonyl (C=O) groups is 1. The van der Waals surface area contributed by atoms with E-state index >= 15 is 0 Å². The minimum atomic E-state index is -0.207. The highest BCUT2D eigenvalue weighted by molar-refractivity contribution is 7.20. The summed E-state index contributed by atoms with van der Waals surface area (Å²) in [7, 11) is 0. The van der Waals surface area contributed by atoms with Crippen LogP contribution in [0.15, 0.2) is 36.4 Å². The van der Waals surface area contributed by atoms with E-state index in [0.29, 0.717) is 29.9 Å². The molecule has 0 bridgehead atoms. The van der Waals surface area contributed by atoms with Crippen molar-refractivity contribution in [3.63, 3.8) is 0 Å². The molecule has 0 unspecified atom stereocenters. The average Bonchev–Trinajstić information content (AvgIpc) is 3.35. The standard InChI is InChI=1S/C24H24N4O4S/c1-4-31-15-7-8-17-20(11-15)33-24(25-17)28-23-22(13(3)27-28)16(12-21(30)26-23)14-6-9-18(29)19(10-14)32-5-2/h6-11,16,29H,4-5,12H2,1-3H3,(H,26,30)/t16-/m1/s1. The smallest absolute Gasteiger partial charge is 0.226 e. The maximum absolute atomic E-state index is 12.7. The highest BCUT2D eigenvalue weighted by atomic mass is 32.1. The van der Waals surface area contributed by atoms with Gasteiger partial charge in [0.2, 0.25) is 11.0 Å². The maximum Gasteiger partial charge on any atom is 0.226 e. The first-order valence-corrected chi connectivity index (χ1v) is 11.7. The van der Waals surface area contributed by atoms with E-state index in [1.54, 1.807) is 16.8 Å². The number of aromatic nitrogens is 3. The summed E-state index contributed by atoms with van der Waals surface area (Å²) < 4.78 is 13.9. The molecular formula is C24H24N4O4S. The molecule has 0 spiro atoms. The fourth-order valence-electron chi connectivity index (χ4n) is 4.23. The molecule has 1 aliphatic heterocycles. The summed E-state index contributed by atoms with van der Waals surface area (Å²) in [5, 5.41) is 18.5. The molecule has 1 amide bonds. The third kappa shape index (κ3) is 3.78. The van der Waals surface area contributed by atoms with Crippen LogP contribution in [0.3, 0.4) is 0 Å². The second-order valence-corrected chi connectivity index (χ2v) is 8.79. The van der Waals surface area contributed by atoms with Crippen LogP contribution in [0.25, 0.3) is 15.3 Å². The molecule has 33 heavy (non-hydrogen) atoms. The largest absolute Gasteiger partial charge is 0.504 e. The monoisotopic (exact) mass is 464 g/mol. The first-order chi connectivity index (χ1) is 16.0. The Balaban J connectivity index is 1.60. The fraction of sp³-hybridized carbons (Fsp3) is 0.292. The summed E-state index contributed by atoms with van der Waals surface area (Å²) in [5.41, 5.74) is 3.49. The molecule has 4 aromatic rings. The van der Waals surface area contributed by atoms with Crippen molar-refractivity contribution >= 4 is 33.3 Å².